The Bertz CT molecular complexity index is 1050. The number of hydrogen-bond donors (Lipinski definition) is 2. The SMILES string of the molecule is COc1ccc(NC(=O)CN2C(=O)C(C)Oc3ccc(C(=O)O)cc32)c([N+](=O)[O-])c1. The fourth-order valence-corrected chi connectivity index (χ4v) is 2.93. The third-order valence-corrected chi connectivity index (χ3v) is 4.39. The van der Waals surface area contributed by atoms with Crippen LogP contribution in [0.25, 0.3) is 0 Å². The highest BCUT2D eigenvalue weighted by atomic mass is 16.6. The van der Waals surface area contributed by atoms with Gasteiger partial charge in [-0.2, -0.15) is 0 Å². The third-order valence-electron chi connectivity index (χ3n) is 4.39. The molecule has 0 saturated carbocycles. The van der Waals surface area contributed by atoms with E-state index in [-0.39, 0.29) is 34.1 Å². The summed E-state index contributed by atoms with van der Waals surface area (Å²) >= 11 is 0. The van der Waals surface area contributed by atoms with E-state index in [0.717, 1.165) is 11.0 Å². The van der Waals surface area contributed by atoms with Gasteiger partial charge in [-0.3, -0.25) is 24.6 Å². The number of fused-ring (bicyclic) bond motifs is 1. The molecule has 2 N–H and O–H groups in total. The minimum atomic E-state index is -1.21. The number of rotatable bonds is 6. The van der Waals surface area contributed by atoms with Crippen LogP contribution in [0.2, 0.25) is 0 Å². The first-order valence-corrected chi connectivity index (χ1v) is 8.69. The number of nitro benzene ring substituents is 1. The molecular formula is C19H17N3O8. The van der Waals surface area contributed by atoms with Gasteiger partial charge in [0.25, 0.3) is 11.6 Å². The number of nitrogens with zero attached hydrogens (tertiary/aromatic N) is 2. The molecule has 0 aliphatic carbocycles. The van der Waals surface area contributed by atoms with E-state index in [4.69, 9.17) is 9.47 Å². The zero-order valence-corrected chi connectivity index (χ0v) is 15.9. The summed E-state index contributed by atoms with van der Waals surface area (Å²) in [6, 6.07) is 7.87. The van der Waals surface area contributed by atoms with Gasteiger partial charge in [0.15, 0.2) is 6.10 Å². The number of carboxylic acids is 1. The van der Waals surface area contributed by atoms with Crippen molar-refractivity contribution in [2.24, 2.45) is 0 Å². The van der Waals surface area contributed by atoms with Crippen LogP contribution in [-0.2, 0) is 9.59 Å². The van der Waals surface area contributed by atoms with E-state index in [1.54, 1.807) is 0 Å². The molecule has 0 radical (unpaired) electrons. The van der Waals surface area contributed by atoms with Gasteiger partial charge in [-0.05, 0) is 37.3 Å². The fraction of sp³-hybridized carbons (Fsp3) is 0.211. The predicted molar refractivity (Wildman–Crippen MR) is 104 cm³/mol. The molecule has 2 aromatic rings. The molecule has 1 aliphatic heterocycles. The van der Waals surface area contributed by atoms with Crippen LogP contribution in [0, 0.1) is 10.1 Å². The summed E-state index contributed by atoms with van der Waals surface area (Å²) in [6.45, 7) is 1.00. The highest BCUT2D eigenvalue weighted by Crippen LogP contribution is 2.35. The van der Waals surface area contributed by atoms with Crippen molar-refractivity contribution in [3.8, 4) is 11.5 Å². The second-order valence-electron chi connectivity index (χ2n) is 6.36. The maximum Gasteiger partial charge on any atom is 0.335 e. The van der Waals surface area contributed by atoms with Gasteiger partial charge < -0.3 is 19.9 Å². The van der Waals surface area contributed by atoms with Gasteiger partial charge in [0, 0.05) is 0 Å². The van der Waals surface area contributed by atoms with Gasteiger partial charge in [-0.1, -0.05) is 0 Å². The van der Waals surface area contributed by atoms with Crippen LogP contribution in [0.15, 0.2) is 36.4 Å². The molecule has 0 fully saturated rings. The van der Waals surface area contributed by atoms with Crippen LogP contribution in [-0.4, -0.2) is 47.6 Å². The van der Waals surface area contributed by atoms with Crippen LogP contribution < -0.4 is 19.7 Å². The van der Waals surface area contributed by atoms with Crippen molar-refractivity contribution in [2.45, 2.75) is 13.0 Å². The first kappa shape index (κ1) is 20.6. The molecular weight excluding hydrogens is 398 g/mol. The van der Waals surface area contributed by atoms with E-state index in [0.29, 0.717) is 0 Å². The van der Waals surface area contributed by atoms with Crippen molar-refractivity contribution >= 4 is 34.8 Å². The van der Waals surface area contributed by atoms with Crippen molar-refractivity contribution in [1.82, 2.24) is 0 Å². The number of carbonyl (C=O) groups is 3. The summed E-state index contributed by atoms with van der Waals surface area (Å²) in [5.74, 6) is -1.98. The lowest BCUT2D eigenvalue weighted by molar-refractivity contribution is -0.384. The fourth-order valence-electron chi connectivity index (χ4n) is 2.93. The number of ether oxygens (including phenoxy) is 2. The number of nitro groups is 1. The lowest BCUT2D eigenvalue weighted by Crippen LogP contribution is -2.47. The van der Waals surface area contributed by atoms with Crippen LogP contribution >= 0.6 is 0 Å². The summed E-state index contributed by atoms with van der Waals surface area (Å²) in [5, 5.41) is 22.9. The molecule has 0 saturated heterocycles. The topological polar surface area (TPSA) is 148 Å². The standard InChI is InChI=1S/C19H17N3O8/c1-10-18(24)21(15-7-11(19(25)26)3-6-16(15)30-10)9-17(23)20-13-5-4-12(29-2)8-14(13)22(27)28/h3-8,10H,9H2,1-2H3,(H,20,23)(H,25,26). The largest absolute Gasteiger partial charge is 0.496 e. The molecule has 11 nitrogen and oxygen atoms in total. The summed E-state index contributed by atoms with van der Waals surface area (Å²) in [6.07, 6.45) is -0.892. The molecule has 0 spiro atoms. The Morgan fingerprint density at radius 1 is 1.30 bits per heavy atom. The molecule has 1 unspecified atom stereocenters. The highest BCUT2D eigenvalue weighted by molar-refractivity contribution is 6.07. The molecule has 1 atom stereocenters. The molecule has 1 heterocycles. The second-order valence-corrected chi connectivity index (χ2v) is 6.36. The molecule has 2 aromatic carbocycles. The monoisotopic (exact) mass is 415 g/mol. The van der Waals surface area contributed by atoms with Crippen LogP contribution in [0.1, 0.15) is 17.3 Å². The van der Waals surface area contributed by atoms with Crippen LogP contribution in [0.5, 0.6) is 11.5 Å². The Kier molecular flexibility index (Phi) is 5.54. The lowest BCUT2D eigenvalue weighted by atomic mass is 10.1. The molecule has 0 bridgehead atoms. The number of aromatic carboxylic acids is 1. The molecule has 30 heavy (non-hydrogen) atoms. The zero-order chi connectivity index (χ0) is 22.0. The number of benzene rings is 2. The van der Waals surface area contributed by atoms with Gasteiger partial charge >= 0.3 is 5.97 Å². The quantitative estimate of drug-likeness (QED) is 0.538. The van der Waals surface area contributed by atoms with Crippen LogP contribution in [0.4, 0.5) is 17.1 Å². The van der Waals surface area contributed by atoms with Gasteiger partial charge in [0.1, 0.15) is 23.7 Å². The molecule has 0 aromatic heterocycles. The van der Waals surface area contributed by atoms with Crippen molar-refractivity contribution in [3.63, 3.8) is 0 Å². The van der Waals surface area contributed by atoms with Crippen molar-refractivity contribution in [3.05, 3.63) is 52.1 Å². The Balaban J connectivity index is 1.88. The number of carboxylic acid groups (broad SMARTS) is 1. The summed E-state index contributed by atoms with van der Waals surface area (Å²) in [7, 11) is 1.35. The minimum absolute atomic E-state index is 0.0703. The minimum Gasteiger partial charge on any atom is -0.496 e. The zero-order valence-electron chi connectivity index (χ0n) is 15.9. The Morgan fingerprint density at radius 3 is 2.67 bits per heavy atom. The average Bonchev–Trinajstić information content (AvgIpc) is 2.71. The first-order chi connectivity index (χ1) is 14.2. The Labute approximate surface area is 170 Å². The number of amides is 2. The lowest BCUT2D eigenvalue weighted by Gasteiger charge is -2.32. The molecule has 11 heteroatoms. The van der Waals surface area contributed by atoms with Gasteiger partial charge in [-0.25, -0.2) is 4.79 Å². The highest BCUT2D eigenvalue weighted by Gasteiger charge is 2.33. The van der Waals surface area contributed by atoms with E-state index in [1.807, 2.05) is 0 Å². The first-order valence-electron chi connectivity index (χ1n) is 8.69. The van der Waals surface area contributed by atoms with Crippen molar-refractivity contribution in [1.29, 1.82) is 0 Å². The molecule has 3 rings (SSSR count). The van der Waals surface area contributed by atoms with Crippen LogP contribution in [0.3, 0.4) is 0 Å². The summed E-state index contributed by atoms with van der Waals surface area (Å²) in [4.78, 5) is 48.1. The van der Waals surface area contributed by atoms with E-state index >= 15 is 0 Å². The van der Waals surface area contributed by atoms with Gasteiger partial charge in [0.2, 0.25) is 5.91 Å². The van der Waals surface area contributed by atoms with E-state index in [2.05, 4.69) is 5.32 Å². The maximum atomic E-state index is 12.6. The third kappa shape index (κ3) is 3.99. The summed E-state index contributed by atoms with van der Waals surface area (Å²) < 4.78 is 10.4. The van der Waals surface area contributed by atoms with E-state index < -0.39 is 35.4 Å². The van der Waals surface area contributed by atoms with E-state index in [1.165, 1.54) is 44.4 Å². The number of methoxy groups -OCH3 is 1. The second kappa shape index (κ2) is 8.07. The number of carbonyl (C=O) groups excluding carboxylic acids is 2. The molecule has 1 aliphatic rings. The number of hydrogen-bond acceptors (Lipinski definition) is 7. The molecule has 156 valence electrons. The van der Waals surface area contributed by atoms with Crippen molar-refractivity contribution < 1.29 is 33.9 Å². The van der Waals surface area contributed by atoms with Gasteiger partial charge in [-0.15, -0.1) is 0 Å². The Morgan fingerprint density at radius 2 is 2.03 bits per heavy atom. The predicted octanol–water partition coefficient (Wildman–Crippen LogP) is 2.05. The average molecular weight is 415 g/mol. The summed E-state index contributed by atoms with van der Waals surface area (Å²) in [5.41, 5.74) is -0.412. The number of anilines is 2. The number of nitrogens with one attached hydrogen (secondary N) is 1. The van der Waals surface area contributed by atoms with Gasteiger partial charge in [0.05, 0.1) is 29.4 Å². The Hall–Kier alpha value is -4.15. The maximum absolute atomic E-state index is 12.6. The molecule has 2 amide bonds. The van der Waals surface area contributed by atoms with E-state index in [9.17, 15) is 29.6 Å². The smallest absolute Gasteiger partial charge is 0.335 e. The van der Waals surface area contributed by atoms with Crippen molar-refractivity contribution in [2.75, 3.05) is 23.9 Å². The normalized spacial score (nSPS) is 15.1.